The van der Waals surface area contributed by atoms with Gasteiger partial charge in [-0.3, -0.25) is 42.6 Å². The number of nitrogen functional groups attached to an aromatic ring is 1. The summed E-state index contributed by atoms with van der Waals surface area (Å²) in [5, 5.41) is 41.2. The third kappa shape index (κ3) is 20.4. The first kappa shape index (κ1) is 61.8. The molecule has 74 heavy (non-hydrogen) atoms. The number of anilines is 1. The Balaban J connectivity index is 1.04. The third-order valence-corrected chi connectivity index (χ3v) is 14.9. The van der Waals surface area contributed by atoms with Crippen LogP contribution >= 0.6 is 35.2 Å². The molecule has 1 fully saturated rings. The smallest absolute Gasteiger partial charge is 0.481 e. The molecular formula is C39H60N11O20P3S. The van der Waals surface area contributed by atoms with E-state index in [0.717, 1.165) is 86.8 Å². The topological polar surface area (TPSA) is 465 Å². The van der Waals surface area contributed by atoms with Crippen LogP contribution in [-0.4, -0.2) is 134 Å². The van der Waals surface area contributed by atoms with Gasteiger partial charge in [0.2, 0.25) is 11.8 Å². The zero-order chi connectivity index (χ0) is 54.7. The zero-order valence-corrected chi connectivity index (χ0v) is 43.6. The van der Waals surface area contributed by atoms with Crippen molar-refractivity contribution >= 4 is 80.5 Å². The summed E-state index contributed by atoms with van der Waals surface area (Å²) in [7, 11) is -16.5. The number of nitrogens with two attached hydrogens (primary N) is 1. The van der Waals surface area contributed by atoms with Crippen LogP contribution in [0.2, 0.25) is 0 Å². The van der Waals surface area contributed by atoms with E-state index < -0.39 is 89.5 Å². The second-order valence-electron chi connectivity index (χ2n) is 17.2. The molecule has 2 aromatic heterocycles. The second kappa shape index (κ2) is 29.0. The van der Waals surface area contributed by atoms with E-state index in [1.807, 2.05) is 0 Å². The lowest BCUT2D eigenvalue weighted by Gasteiger charge is -2.30. The molecule has 0 aliphatic carbocycles. The number of rotatable bonds is 34. The molecule has 3 heterocycles. The van der Waals surface area contributed by atoms with Crippen LogP contribution in [0.4, 0.5) is 17.2 Å². The van der Waals surface area contributed by atoms with Gasteiger partial charge in [-0.1, -0.05) is 75.7 Å². The number of nitro groups is 1. The Morgan fingerprint density at radius 3 is 2.31 bits per heavy atom. The van der Waals surface area contributed by atoms with E-state index in [0.29, 0.717) is 18.8 Å². The minimum atomic E-state index is -5.60. The highest BCUT2D eigenvalue weighted by Gasteiger charge is 2.50. The normalized spacial score (nSPS) is 19.0. The van der Waals surface area contributed by atoms with Gasteiger partial charge in [-0.25, -0.2) is 28.6 Å². The van der Waals surface area contributed by atoms with Gasteiger partial charge < -0.3 is 55.6 Å². The fourth-order valence-electron chi connectivity index (χ4n) is 7.04. The van der Waals surface area contributed by atoms with Gasteiger partial charge in [0.15, 0.2) is 28.6 Å². The Kier molecular flexibility index (Phi) is 24.2. The van der Waals surface area contributed by atoms with Crippen molar-refractivity contribution in [3.63, 3.8) is 0 Å². The van der Waals surface area contributed by atoms with E-state index in [1.165, 1.54) is 32.0 Å². The number of unbranched alkanes of at least 4 members (excludes halogenated alkanes) is 8. The minimum Gasteiger partial charge on any atom is -0.487 e. The van der Waals surface area contributed by atoms with Crippen molar-refractivity contribution in [3.8, 4) is 5.75 Å². The number of aromatic nitrogens is 4. The molecular weight excluding hydrogens is 1070 g/mol. The quantitative estimate of drug-likeness (QED) is 0.00756. The standard InChI is InChI=1S/C39H60N11O20P3S/c1-39(2,22-67-73(63,64)70-72(61,62)66-21-28-33(69-71(58,59)60)32(53)38(68-28)49-24-46-31-35(40)44-23-45-36(31)49)34(54)37(55)43-16-15-29(51)42-17-19-74-30(52)12-10-8-6-4-3-5-7-9-11-18-65-27-14-13-25(47-48-41)20-26(27)50(56)57/h13-14,20,23-24,28,32-34,38,53-54H,3-12,15-19,21-22H2,1-2H3,(H,42,51)(H,43,55)(H,61,62)(H,63,64)(H2,40,44,45)(H2,58,59,60)/t28-,32-,33-,34+,38-/m1/s1. The molecule has 1 aromatic carbocycles. The van der Waals surface area contributed by atoms with Crippen molar-refractivity contribution in [2.45, 2.75) is 115 Å². The molecule has 1 aliphatic rings. The third-order valence-electron chi connectivity index (χ3n) is 10.8. The van der Waals surface area contributed by atoms with Crippen molar-refractivity contribution < 1.29 is 90.1 Å². The predicted molar refractivity (Wildman–Crippen MR) is 261 cm³/mol. The monoisotopic (exact) mass is 1130 g/mol. The lowest BCUT2D eigenvalue weighted by atomic mass is 9.87. The maximum Gasteiger partial charge on any atom is 0.481 e. The summed E-state index contributed by atoms with van der Waals surface area (Å²) in [6.45, 7) is 0.722. The van der Waals surface area contributed by atoms with Crippen molar-refractivity contribution in [1.82, 2.24) is 30.2 Å². The van der Waals surface area contributed by atoms with Gasteiger partial charge in [0.1, 0.15) is 36.3 Å². The summed E-state index contributed by atoms with van der Waals surface area (Å²) in [4.78, 5) is 102. The molecule has 412 valence electrons. The highest BCUT2D eigenvalue weighted by atomic mass is 32.2. The number of thioether (sulfide) groups is 1. The molecule has 2 unspecified atom stereocenters. The lowest BCUT2D eigenvalue weighted by molar-refractivity contribution is -0.385. The number of phosphoric ester groups is 3. The summed E-state index contributed by atoms with van der Waals surface area (Å²) in [5.74, 6) is -1.05. The van der Waals surface area contributed by atoms with Crippen LogP contribution in [0, 0.1) is 15.5 Å². The molecule has 4 rings (SSSR count). The first-order valence-electron chi connectivity index (χ1n) is 22.8. The number of imidazole rings is 1. The number of ether oxygens (including phenoxy) is 2. The van der Waals surface area contributed by atoms with Crippen molar-refractivity contribution in [1.29, 1.82) is 0 Å². The molecule has 0 bridgehead atoms. The number of nitrogens with zero attached hydrogens (tertiary/aromatic N) is 8. The van der Waals surface area contributed by atoms with E-state index in [2.05, 4.69) is 44.4 Å². The van der Waals surface area contributed by atoms with Gasteiger partial charge >= 0.3 is 29.2 Å². The molecule has 1 aliphatic heterocycles. The molecule has 3 aromatic rings. The number of amides is 2. The Hall–Kier alpha value is -4.71. The molecule has 7 atom stereocenters. The Labute approximate surface area is 426 Å². The Morgan fingerprint density at radius 1 is 0.986 bits per heavy atom. The van der Waals surface area contributed by atoms with Crippen molar-refractivity contribution in [2.24, 2.45) is 10.5 Å². The largest absolute Gasteiger partial charge is 0.487 e. The maximum atomic E-state index is 12.8. The number of azide groups is 1. The van der Waals surface area contributed by atoms with E-state index in [-0.39, 0.29) is 58.7 Å². The van der Waals surface area contributed by atoms with Gasteiger partial charge in [-0.05, 0) is 30.5 Å². The average molecular weight is 1130 g/mol. The maximum absolute atomic E-state index is 12.8. The SMILES string of the molecule is CC(C)(COP(=O)(O)OP(=O)(O)OC[C@H]1O[C@@H](n2cnc3c(N)ncnc32)[C@H](O)[C@@H]1OP(=O)(O)O)[C@@H](O)C(=O)NCCC(=O)NCCSC(=O)CCCCCCCCCCCOc1ccc(N=[N+]=[N-])cc1[N+](=O)[O-]. The Bertz CT molecular complexity index is 2590. The highest BCUT2D eigenvalue weighted by Crippen LogP contribution is 2.61. The second-order valence-corrected chi connectivity index (χ2v) is 22.6. The lowest BCUT2D eigenvalue weighted by Crippen LogP contribution is -2.46. The molecule has 0 saturated carbocycles. The summed E-state index contributed by atoms with van der Waals surface area (Å²) >= 11 is 1.09. The number of nitro benzene ring substituents is 1. The number of carbonyl (C=O) groups is 3. The molecule has 31 nitrogen and oxygen atoms in total. The van der Waals surface area contributed by atoms with E-state index >= 15 is 0 Å². The van der Waals surface area contributed by atoms with E-state index in [1.54, 1.807) is 0 Å². The molecule has 0 radical (unpaired) electrons. The predicted octanol–water partition coefficient (Wildman–Crippen LogP) is 4.49. The number of aliphatic hydroxyl groups excluding tert-OH is 2. The molecule has 35 heteroatoms. The van der Waals surface area contributed by atoms with E-state index in [4.69, 9.17) is 29.8 Å². The molecule has 0 spiro atoms. The Morgan fingerprint density at radius 2 is 1.65 bits per heavy atom. The number of aliphatic hydroxyl groups is 2. The fraction of sp³-hybridized carbons (Fsp3) is 0.641. The number of hydrogen-bond donors (Lipinski definition) is 9. The van der Waals surface area contributed by atoms with Gasteiger partial charge in [0, 0.05) is 53.8 Å². The number of hydrogen-bond acceptors (Lipinski definition) is 22. The van der Waals surface area contributed by atoms with E-state index in [9.17, 15) is 68.0 Å². The van der Waals surface area contributed by atoms with Crippen molar-refractivity contribution in [2.75, 3.05) is 44.4 Å². The number of fused-ring (bicyclic) bond motifs is 1. The molecule has 1 saturated heterocycles. The summed E-state index contributed by atoms with van der Waals surface area (Å²) in [6, 6.07) is 4.03. The van der Waals surface area contributed by atoms with Crippen LogP contribution < -0.4 is 21.1 Å². The van der Waals surface area contributed by atoms with Crippen LogP contribution in [0.5, 0.6) is 5.75 Å². The van der Waals surface area contributed by atoms with Crippen LogP contribution in [0.1, 0.15) is 90.7 Å². The molecule has 10 N–H and O–H groups in total. The summed E-state index contributed by atoms with van der Waals surface area (Å²) in [6.07, 6.45) is 1.70. The first-order chi connectivity index (χ1) is 34.8. The van der Waals surface area contributed by atoms with Gasteiger partial charge in [-0.15, -0.1) is 0 Å². The van der Waals surface area contributed by atoms with Crippen molar-refractivity contribution in [3.05, 3.63) is 51.4 Å². The number of phosphoric acid groups is 3. The van der Waals surface area contributed by atoms with Crippen LogP contribution in [-0.2, 0) is 50.7 Å². The zero-order valence-electron chi connectivity index (χ0n) is 40.1. The fourth-order valence-corrected chi connectivity index (χ4v) is 10.6. The summed E-state index contributed by atoms with van der Waals surface area (Å²) in [5.41, 5.74) is 12.6. The van der Waals surface area contributed by atoms with Gasteiger partial charge in [0.25, 0.3) is 0 Å². The minimum absolute atomic E-state index is 0.00431. The number of benzene rings is 1. The van der Waals surface area contributed by atoms with Gasteiger partial charge in [0.05, 0.1) is 31.1 Å². The first-order valence-corrected chi connectivity index (χ1v) is 28.3. The number of nitrogens with one attached hydrogen (secondary N) is 2. The van der Waals surface area contributed by atoms with Crippen LogP contribution in [0.3, 0.4) is 0 Å². The highest BCUT2D eigenvalue weighted by molar-refractivity contribution is 8.13. The van der Waals surface area contributed by atoms with Crippen LogP contribution in [0.25, 0.3) is 21.6 Å². The van der Waals surface area contributed by atoms with Crippen LogP contribution in [0.15, 0.2) is 36.0 Å². The molecule has 2 amide bonds. The summed E-state index contributed by atoms with van der Waals surface area (Å²) < 4.78 is 68.0. The van der Waals surface area contributed by atoms with Gasteiger partial charge in [-0.2, -0.15) is 4.31 Å². The number of carbonyl (C=O) groups excluding carboxylic acids is 3. The average Bonchev–Trinajstić information content (AvgIpc) is 3.89.